The summed E-state index contributed by atoms with van der Waals surface area (Å²) in [6.45, 7) is 0. The van der Waals surface area contributed by atoms with Crippen LogP contribution in [0.5, 0.6) is 0 Å². The highest BCUT2D eigenvalue weighted by atomic mass is 19.4. The number of halogens is 3. The van der Waals surface area contributed by atoms with Gasteiger partial charge in [0.05, 0.1) is 5.69 Å². The number of hydrogen-bond acceptors (Lipinski definition) is 3. The standard InChI is InChI=1S/C18H14F3N3O/c1-22-15-11-6-7-13(18(19,20)21)23-14(11)17(16(25)24-15)9-8-10-4-2-3-5-12(10)17/h2-7H,8-9H2,1H3,(H,22,24,25)/t17-/m1/s1. The lowest BCUT2D eigenvalue weighted by Crippen LogP contribution is -2.43. The van der Waals surface area contributed by atoms with Crippen molar-refractivity contribution in [1.29, 1.82) is 0 Å². The Balaban J connectivity index is 2.04. The van der Waals surface area contributed by atoms with Crippen LogP contribution in [0.4, 0.5) is 13.2 Å². The van der Waals surface area contributed by atoms with Crippen molar-refractivity contribution in [2.75, 3.05) is 7.05 Å². The second-order valence-electron chi connectivity index (χ2n) is 6.17. The van der Waals surface area contributed by atoms with Crippen molar-refractivity contribution in [2.24, 2.45) is 4.99 Å². The second-order valence-corrected chi connectivity index (χ2v) is 6.17. The number of aromatic nitrogens is 1. The SMILES string of the molecule is CNC1=NC(=O)[C@@]2(CCc3ccccc32)c2nc(C(F)(F)F)ccc21. The van der Waals surface area contributed by atoms with Gasteiger partial charge in [-0.05, 0) is 36.1 Å². The van der Waals surface area contributed by atoms with Gasteiger partial charge in [-0.1, -0.05) is 24.3 Å². The number of pyridine rings is 1. The third-order valence-electron chi connectivity index (χ3n) is 4.91. The van der Waals surface area contributed by atoms with Gasteiger partial charge in [-0.3, -0.25) is 4.79 Å². The Bertz CT molecular complexity index is 920. The number of nitrogens with zero attached hydrogens (tertiary/aromatic N) is 2. The molecule has 1 aliphatic carbocycles. The topological polar surface area (TPSA) is 54.4 Å². The molecule has 1 aromatic carbocycles. The van der Waals surface area contributed by atoms with E-state index in [2.05, 4.69) is 15.3 Å². The zero-order valence-electron chi connectivity index (χ0n) is 13.3. The van der Waals surface area contributed by atoms with Gasteiger partial charge in [0, 0.05) is 12.6 Å². The van der Waals surface area contributed by atoms with Gasteiger partial charge in [0.25, 0.3) is 5.91 Å². The minimum Gasteiger partial charge on any atom is -0.372 e. The molecule has 4 rings (SSSR count). The first-order valence-corrected chi connectivity index (χ1v) is 7.86. The number of hydrogen-bond donors (Lipinski definition) is 1. The largest absolute Gasteiger partial charge is 0.433 e. The Morgan fingerprint density at radius 1 is 1.16 bits per heavy atom. The maximum absolute atomic E-state index is 13.2. The van der Waals surface area contributed by atoms with Crippen LogP contribution >= 0.6 is 0 Å². The highest BCUT2D eigenvalue weighted by molar-refractivity contribution is 6.13. The summed E-state index contributed by atoms with van der Waals surface area (Å²) in [5.74, 6) is -0.225. The molecule has 0 radical (unpaired) electrons. The van der Waals surface area contributed by atoms with Crippen molar-refractivity contribution in [3.8, 4) is 0 Å². The third kappa shape index (κ3) is 2.11. The van der Waals surface area contributed by atoms with E-state index in [9.17, 15) is 18.0 Å². The van der Waals surface area contributed by atoms with Crippen LogP contribution in [0.1, 0.15) is 34.5 Å². The molecular weight excluding hydrogens is 331 g/mol. The predicted molar refractivity (Wildman–Crippen MR) is 85.4 cm³/mol. The number of rotatable bonds is 0. The van der Waals surface area contributed by atoms with E-state index in [0.717, 1.165) is 11.6 Å². The van der Waals surface area contributed by atoms with E-state index in [1.165, 1.54) is 6.07 Å². The number of benzene rings is 1. The Labute approximate surface area is 141 Å². The molecule has 0 saturated heterocycles. The van der Waals surface area contributed by atoms with Crippen LogP contribution in [0, 0.1) is 0 Å². The Morgan fingerprint density at radius 2 is 1.92 bits per heavy atom. The predicted octanol–water partition coefficient (Wildman–Crippen LogP) is 2.84. The first-order valence-electron chi connectivity index (χ1n) is 7.86. The average Bonchev–Trinajstić information content (AvgIpc) is 2.98. The zero-order chi connectivity index (χ0) is 17.8. The number of carbonyl (C=O) groups excluding carboxylic acids is 1. The number of aryl methyl sites for hydroxylation is 1. The summed E-state index contributed by atoms with van der Waals surface area (Å²) in [5.41, 5.74) is -0.0206. The number of carbonyl (C=O) groups is 1. The maximum Gasteiger partial charge on any atom is 0.433 e. The van der Waals surface area contributed by atoms with E-state index in [1.54, 1.807) is 19.2 Å². The van der Waals surface area contributed by atoms with E-state index in [0.29, 0.717) is 24.0 Å². The fourth-order valence-electron chi connectivity index (χ4n) is 3.76. The van der Waals surface area contributed by atoms with Crippen LogP contribution in [0.15, 0.2) is 41.4 Å². The normalized spacial score (nSPS) is 21.8. The first kappa shape index (κ1) is 15.8. The van der Waals surface area contributed by atoms with E-state index >= 15 is 0 Å². The summed E-state index contributed by atoms with van der Waals surface area (Å²) < 4.78 is 39.6. The van der Waals surface area contributed by atoms with Crippen LogP contribution in [0.2, 0.25) is 0 Å². The van der Waals surface area contributed by atoms with Crippen molar-refractivity contribution in [2.45, 2.75) is 24.4 Å². The molecule has 1 aliphatic heterocycles. The Hall–Kier alpha value is -2.70. The van der Waals surface area contributed by atoms with Gasteiger partial charge < -0.3 is 5.32 Å². The molecule has 25 heavy (non-hydrogen) atoms. The maximum atomic E-state index is 13.2. The van der Waals surface area contributed by atoms with E-state index in [1.807, 2.05) is 12.1 Å². The van der Waals surface area contributed by atoms with Gasteiger partial charge in [-0.15, -0.1) is 0 Å². The molecule has 2 aromatic rings. The lowest BCUT2D eigenvalue weighted by atomic mass is 9.74. The lowest BCUT2D eigenvalue weighted by molar-refractivity contribution is -0.141. The minimum absolute atomic E-state index is 0.136. The third-order valence-corrected chi connectivity index (χ3v) is 4.91. The molecule has 128 valence electrons. The molecule has 2 heterocycles. The summed E-state index contributed by atoms with van der Waals surface area (Å²) in [5, 5.41) is 2.79. The van der Waals surface area contributed by atoms with E-state index in [-0.39, 0.29) is 11.5 Å². The molecule has 1 atom stereocenters. The smallest absolute Gasteiger partial charge is 0.372 e. The van der Waals surface area contributed by atoms with Gasteiger partial charge >= 0.3 is 6.18 Å². The molecule has 1 N–H and O–H groups in total. The van der Waals surface area contributed by atoms with Crippen LogP contribution in [-0.2, 0) is 22.8 Å². The molecule has 7 heteroatoms. The van der Waals surface area contributed by atoms with Crippen molar-refractivity contribution in [3.05, 3.63) is 64.5 Å². The number of nitrogens with one attached hydrogen (secondary N) is 1. The number of alkyl halides is 3. The van der Waals surface area contributed by atoms with Crippen molar-refractivity contribution < 1.29 is 18.0 Å². The molecule has 4 nitrogen and oxygen atoms in total. The second kappa shape index (κ2) is 5.15. The van der Waals surface area contributed by atoms with Crippen LogP contribution in [0.3, 0.4) is 0 Å². The molecule has 1 amide bonds. The van der Waals surface area contributed by atoms with Crippen LogP contribution in [-0.4, -0.2) is 23.8 Å². The lowest BCUT2D eigenvalue weighted by Gasteiger charge is -2.32. The van der Waals surface area contributed by atoms with Crippen molar-refractivity contribution >= 4 is 11.7 Å². The summed E-state index contributed by atoms with van der Waals surface area (Å²) in [4.78, 5) is 20.9. The Kier molecular flexibility index (Phi) is 3.25. The van der Waals surface area contributed by atoms with Gasteiger partial charge in [0.2, 0.25) is 0 Å². The number of aliphatic imine (C=N–C) groups is 1. The van der Waals surface area contributed by atoms with Crippen LogP contribution in [0.25, 0.3) is 0 Å². The molecule has 0 fully saturated rings. The summed E-state index contributed by atoms with van der Waals surface area (Å²) >= 11 is 0. The number of fused-ring (bicyclic) bond motifs is 4. The van der Waals surface area contributed by atoms with Gasteiger partial charge in [0.15, 0.2) is 0 Å². The van der Waals surface area contributed by atoms with E-state index < -0.39 is 23.2 Å². The molecule has 1 spiro atoms. The summed E-state index contributed by atoms with van der Waals surface area (Å²) in [6, 6.07) is 9.58. The highest BCUT2D eigenvalue weighted by Gasteiger charge is 2.52. The Morgan fingerprint density at radius 3 is 2.64 bits per heavy atom. The van der Waals surface area contributed by atoms with E-state index in [4.69, 9.17) is 0 Å². The van der Waals surface area contributed by atoms with Gasteiger partial charge in [-0.25, -0.2) is 4.98 Å². The fraction of sp³-hybridized carbons (Fsp3) is 0.278. The molecule has 2 aliphatic rings. The summed E-state index contributed by atoms with van der Waals surface area (Å²) in [7, 11) is 1.58. The molecule has 1 aromatic heterocycles. The van der Waals surface area contributed by atoms with Gasteiger partial charge in [-0.2, -0.15) is 18.2 Å². The minimum atomic E-state index is -4.58. The number of amides is 1. The molecular formula is C18H14F3N3O. The van der Waals surface area contributed by atoms with Crippen molar-refractivity contribution in [1.82, 2.24) is 10.3 Å². The molecule has 0 saturated carbocycles. The molecule has 0 unspecified atom stereocenters. The zero-order valence-corrected chi connectivity index (χ0v) is 13.3. The number of amidine groups is 1. The summed E-state index contributed by atoms with van der Waals surface area (Å²) in [6.07, 6.45) is -3.61. The average molecular weight is 345 g/mol. The first-order chi connectivity index (χ1) is 11.9. The monoisotopic (exact) mass is 345 g/mol. The fourth-order valence-corrected chi connectivity index (χ4v) is 3.76. The van der Waals surface area contributed by atoms with Crippen molar-refractivity contribution in [3.63, 3.8) is 0 Å². The quantitative estimate of drug-likeness (QED) is 0.799. The van der Waals surface area contributed by atoms with Gasteiger partial charge in [0.1, 0.15) is 16.9 Å². The highest BCUT2D eigenvalue weighted by Crippen LogP contribution is 2.47. The van der Waals surface area contributed by atoms with Crippen LogP contribution < -0.4 is 5.32 Å². The molecule has 0 bridgehead atoms.